The number of ether oxygens (including phenoxy) is 1. The number of rotatable bonds is 4. The number of halogens is 1. The van der Waals surface area contributed by atoms with Crippen molar-refractivity contribution >= 4 is 11.6 Å². The quantitative estimate of drug-likeness (QED) is 0.787. The molecule has 3 N–H and O–H groups in total. The molecule has 126 valence electrons. The minimum Gasteiger partial charge on any atom is -0.392 e. The molecule has 1 aromatic rings. The summed E-state index contributed by atoms with van der Waals surface area (Å²) in [5, 5.41) is 15.9. The summed E-state index contributed by atoms with van der Waals surface area (Å²) in [5.74, 6) is -0.713. The first-order valence-corrected chi connectivity index (χ1v) is 8.06. The van der Waals surface area contributed by atoms with Crippen LogP contribution in [-0.2, 0) is 9.53 Å². The van der Waals surface area contributed by atoms with E-state index in [2.05, 4.69) is 10.6 Å². The number of aliphatic hydroxyl groups excluding tert-OH is 1. The van der Waals surface area contributed by atoms with Crippen LogP contribution in [0.15, 0.2) is 18.2 Å². The average molecular weight is 322 g/mol. The zero-order valence-electron chi connectivity index (χ0n) is 13.3. The summed E-state index contributed by atoms with van der Waals surface area (Å²) in [6.45, 7) is 3.20. The molecule has 2 aliphatic rings. The third-order valence-electron chi connectivity index (χ3n) is 5.15. The molecule has 1 spiro atoms. The Kier molecular flexibility index (Phi) is 4.66. The van der Waals surface area contributed by atoms with Crippen LogP contribution in [0.5, 0.6) is 0 Å². The fourth-order valence-electron chi connectivity index (χ4n) is 3.62. The smallest absolute Gasteiger partial charge is 0.238 e. The largest absolute Gasteiger partial charge is 0.392 e. The van der Waals surface area contributed by atoms with Crippen LogP contribution in [0.25, 0.3) is 0 Å². The van der Waals surface area contributed by atoms with Gasteiger partial charge in [-0.05, 0) is 43.9 Å². The first-order chi connectivity index (χ1) is 11.0. The molecule has 3 rings (SSSR count). The molecule has 1 saturated heterocycles. The lowest BCUT2D eigenvalue weighted by Crippen LogP contribution is -2.65. The molecule has 0 unspecified atom stereocenters. The third kappa shape index (κ3) is 3.24. The van der Waals surface area contributed by atoms with E-state index in [4.69, 9.17) is 4.74 Å². The van der Waals surface area contributed by atoms with Crippen molar-refractivity contribution in [3.8, 4) is 0 Å². The van der Waals surface area contributed by atoms with Gasteiger partial charge < -0.3 is 20.5 Å². The molecule has 1 aliphatic heterocycles. The number of aliphatic hydroxyl groups is 1. The summed E-state index contributed by atoms with van der Waals surface area (Å²) in [4.78, 5) is 12.0. The first kappa shape index (κ1) is 16.4. The lowest BCUT2D eigenvalue weighted by molar-refractivity contribution is -0.149. The van der Waals surface area contributed by atoms with E-state index in [0.717, 1.165) is 18.4 Å². The van der Waals surface area contributed by atoms with E-state index < -0.39 is 5.82 Å². The summed E-state index contributed by atoms with van der Waals surface area (Å²) < 4.78 is 19.1. The van der Waals surface area contributed by atoms with E-state index in [1.165, 1.54) is 6.07 Å². The predicted octanol–water partition coefficient (Wildman–Crippen LogP) is 1.59. The number of amides is 1. The van der Waals surface area contributed by atoms with Gasteiger partial charge in [-0.1, -0.05) is 6.07 Å². The van der Waals surface area contributed by atoms with Gasteiger partial charge in [-0.15, -0.1) is 0 Å². The Balaban J connectivity index is 1.53. The summed E-state index contributed by atoms with van der Waals surface area (Å²) in [7, 11) is 0. The standard InChI is InChI=1S/C17H23FN2O3/c1-11-2-3-13(12(18)8-11)20-16(22)10-19-14-9-15(21)17(14)4-6-23-7-5-17/h2-3,8,14-15,19,21H,4-7,9-10H2,1H3,(H,20,22)/t14-,15-/m1/s1. The van der Waals surface area contributed by atoms with Crippen LogP contribution in [0, 0.1) is 18.2 Å². The predicted molar refractivity (Wildman–Crippen MR) is 84.7 cm³/mol. The van der Waals surface area contributed by atoms with Crippen molar-refractivity contribution < 1.29 is 19.0 Å². The topological polar surface area (TPSA) is 70.6 Å². The highest BCUT2D eigenvalue weighted by molar-refractivity contribution is 5.92. The van der Waals surface area contributed by atoms with Crippen molar-refractivity contribution in [3.63, 3.8) is 0 Å². The fraction of sp³-hybridized carbons (Fsp3) is 0.588. The number of aryl methyl sites for hydroxylation is 1. The van der Waals surface area contributed by atoms with Crippen molar-refractivity contribution in [2.75, 3.05) is 25.1 Å². The first-order valence-electron chi connectivity index (χ1n) is 8.06. The van der Waals surface area contributed by atoms with Crippen LogP contribution < -0.4 is 10.6 Å². The summed E-state index contributed by atoms with van der Waals surface area (Å²) in [5.41, 5.74) is 0.827. The molecule has 2 fully saturated rings. The van der Waals surface area contributed by atoms with Gasteiger partial charge in [0.15, 0.2) is 0 Å². The van der Waals surface area contributed by atoms with Gasteiger partial charge in [0.05, 0.1) is 18.3 Å². The number of carbonyl (C=O) groups excluding carboxylic acids is 1. The maximum Gasteiger partial charge on any atom is 0.238 e. The van der Waals surface area contributed by atoms with Gasteiger partial charge >= 0.3 is 0 Å². The lowest BCUT2D eigenvalue weighted by atomic mass is 9.58. The highest BCUT2D eigenvalue weighted by atomic mass is 19.1. The number of nitrogens with one attached hydrogen (secondary N) is 2. The zero-order valence-corrected chi connectivity index (χ0v) is 13.3. The molecule has 1 saturated carbocycles. The molecule has 1 aromatic carbocycles. The van der Waals surface area contributed by atoms with Crippen molar-refractivity contribution in [3.05, 3.63) is 29.6 Å². The molecular formula is C17H23FN2O3. The van der Waals surface area contributed by atoms with Crippen molar-refractivity contribution in [2.45, 2.75) is 38.3 Å². The van der Waals surface area contributed by atoms with Gasteiger partial charge in [0, 0.05) is 24.7 Å². The second kappa shape index (κ2) is 6.55. The van der Waals surface area contributed by atoms with E-state index in [-0.39, 0.29) is 35.7 Å². The van der Waals surface area contributed by atoms with Gasteiger partial charge in [-0.25, -0.2) is 4.39 Å². The van der Waals surface area contributed by atoms with Gasteiger partial charge in [-0.3, -0.25) is 4.79 Å². The Morgan fingerprint density at radius 3 is 2.83 bits per heavy atom. The van der Waals surface area contributed by atoms with E-state index in [1.807, 2.05) is 0 Å². The molecule has 23 heavy (non-hydrogen) atoms. The molecule has 2 atom stereocenters. The number of hydrogen-bond donors (Lipinski definition) is 3. The molecule has 6 heteroatoms. The third-order valence-corrected chi connectivity index (χ3v) is 5.15. The van der Waals surface area contributed by atoms with E-state index in [9.17, 15) is 14.3 Å². The molecular weight excluding hydrogens is 299 g/mol. The van der Waals surface area contributed by atoms with Crippen LogP contribution in [0.1, 0.15) is 24.8 Å². The van der Waals surface area contributed by atoms with Crippen LogP contribution in [0.3, 0.4) is 0 Å². The number of carbonyl (C=O) groups is 1. The van der Waals surface area contributed by atoms with Gasteiger partial charge in [0.2, 0.25) is 5.91 Å². The minimum absolute atomic E-state index is 0.104. The van der Waals surface area contributed by atoms with Crippen LogP contribution in [-0.4, -0.2) is 42.9 Å². The normalized spacial score (nSPS) is 25.9. The second-order valence-electron chi connectivity index (χ2n) is 6.56. The second-order valence-corrected chi connectivity index (χ2v) is 6.56. The Morgan fingerprint density at radius 1 is 1.43 bits per heavy atom. The van der Waals surface area contributed by atoms with Crippen molar-refractivity contribution in [1.82, 2.24) is 5.32 Å². The molecule has 5 nitrogen and oxygen atoms in total. The average Bonchev–Trinajstić information content (AvgIpc) is 2.54. The van der Waals surface area contributed by atoms with Gasteiger partial charge in [0.1, 0.15) is 5.82 Å². The molecule has 1 amide bonds. The summed E-state index contributed by atoms with van der Waals surface area (Å²) in [6.07, 6.45) is 1.92. The van der Waals surface area contributed by atoms with Crippen LogP contribution >= 0.6 is 0 Å². The Labute approximate surface area is 135 Å². The van der Waals surface area contributed by atoms with Crippen molar-refractivity contribution in [2.24, 2.45) is 5.41 Å². The van der Waals surface area contributed by atoms with Crippen LogP contribution in [0.2, 0.25) is 0 Å². The monoisotopic (exact) mass is 322 g/mol. The molecule has 0 radical (unpaired) electrons. The van der Waals surface area contributed by atoms with Gasteiger partial charge in [-0.2, -0.15) is 0 Å². The Morgan fingerprint density at radius 2 is 2.17 bits per heavy atom. The zero-order chi connectivity index (χ0) is 16.4. The highest BCUT2D eigenvalue weighted by Crippen LogP contribution is 2.48. The van der Waals surface area contributed by atoms with Crippen LogP contribution in [0.4, 0.5) is 10.1 Å². The summed E-state index contributed by atoms with van der Waals surface area (Å²) >= 11 is 0. The van der Waals surface area contributed by atoms with Gasteiger partial charge in [0.25, 0.3) is 0 Å². The van der Waals surface area contributed by atoms with E-state index in [0.29, 0.717) is 19.6 Å². The Hall–Kier alpha value is -1.50. The maximum absolute atomic E-state index is 13.7. The van der Waals surface area contributed by atoms with E-state index >= 15 is 0 Å². The molecule has 1 aliphatic carbocycles. The molecule has 1 heterocycles. The summed E-state index contributed by atoms with van der Waals surface area (Å²) in [6, 6.07) is 4.82. The SMILES string of the molecule is Cc1ccc(NC(=O)CN[C@@H]2C[C@@H](O)C23CCOCC3)c(F)c1. The number of anilines is 1. The maximum atomic E-state index is 13.7. The Bertz CT molecular complexity index is 587. The van der Waals surface area contributed by atoms with Crippen molar-refractivity contribution in [1.29, 1.82) is 0 Å². The number of hydrogen-bond acceptors (Lipinski definition) is 4. The lowest BCUT2D eigenvalue weighted by Gasteiger charge is -2.55. The number of benzene rings is 1. The highest BCUT2D eigenvalue weighted by Gasteiger charge is 2.54. The molecule has 0 bridgehead atoms. The molecule has 0 aromatic heterocycles. The minimum atomic E-state index is -0.432. The van der Waals surface area contributed by atoms with E-state index in [1.54, 1.807) is 19.1 Å². The fourth-order valence-corrected chi connectivity index (χ4v) is 3.62.